The summed E-state index contributed by atoms with van der Waals surface area (Å²) in [7, 11) is 1.83. The summed E-state index contributed by atoms with van der Waals surface area (Å²) >= 11 is 0. The zero-order valence-electron chi connectivity index (χ0n) is 7.94. The van der Waals surface area contributed by atoms with E-state index >= 15 is 0 Å². The van der Waals surface area contributed by atoms with E-state index in [1.165, 1.54) is 38.8 Å². The van der Waals surface area contributed by atoms with Gasteiger partial charge in [0.25, 0.3) is 0 Å². The van der Waals surface area contributed by atoms with Gasteiger partial charge in [0.1, 0.15) is 0 Å². The Labute approximate surface area is 74.7 Å². The van der Waals surface area contributed by atoms with Crippen molar-refractivity contribution >= 4 is 0 Å². The fourth-order valence-electron chi connectivity index (χ4n) is 2.95. The molecule has 0 aromatic carbocycles. The number of fused-ring (bicyclic) bond motifs is 1. The predicted octanol–water partition coefficient (Wildman–Crippen LogP) is 1.41. The van der Waals surface area contributed by atoms with E-state index < -0.39 is 0 Å². The van der Waals surface area contributed by atoms with Crippen LogP contribution in [0.15, 0.2) is 0 Å². The van der Waals surface area contributed by atoms with E-state index in [2.05, 4.69) is 5.32 Å². The van der Waals surface area contributed by atoms with Crippen LogP contribution in [0, 0.1) is 11.3 Å². The maximum Gasteiger partial charge on any atom is 0.0533 e. The molecule has 70 valence electrons. The second kappa shape index (κ2) is 3.35. The first-order chi connectivity index (χ1) is 5.87. The minimum atomic E-state index is 0.507. The summed E-state index contributed by atoms with van der Waals surface area (Å²) in [5.41, 5.74) is 0.507. The topological polar surface area (TPSA) is 21.3 Å². The first-order valence-electron chi connectivity index (χ1n) is 5.07. The summed E-state index contributed by atoms with van der Waals surface area (Å²) in [5.74, 6) is 0.895. The van der Waals surface area contributed by atoms with Gasteiger partial charge in [-0.05, 0) is 25.3 Å². The number of rotatable bonds is 2. The lowest BCUT2D eigenvalue weighted by atomic mass is 9.69. The zero-order valence-corrected chi connectivity index (χ0v) is 7.94. The second-order valence-corrected chi connectivity index (χ2v) is 4.37. The molecule has 2 aliphatic rings. The fourth-order valence-corrected chi connectivity index (χ4v) is 2.95. The number of ether oxygens (including phenoxy) is 1. The highest BCUT2D eigenvalue weighted by atomic mass is 16.5. The van der Waals surface area contributed by atoms with E-state index in [4.69, 9.17) is 4.74 Å². The molecule has 0 aromatic rings. The van der Waals surface area contributed by atoms with Crippen molar-refractivity contribution in [2.45, 2.75) is 25.7 Å². The molecule has 1 heterocycles. The molecule has 2 nitrogen and oxygen atoms in total. The number of methoxy groups -OCH3 is 1. The molecule has 0 spiro atoms. The summed E-state index contributed by atoms with van der Waals surface area (Å²) in [4.78, 5) is 0. The Kier molecular flexibility index (Phi) is 2.37. The highest BCUT2D eigenvalue weighted by Gasteiger charge is 2.43. The molecule has 1 aliphatic carbocycles. The third-order valence-electron chi connectivity index (χ3n) is 3.64. The average Bonchev–Trinajstić information content (AvgIpc) is 2.48. The Bertz CT molecular complexity index is 156. The van der Waals surface area contributed by atoms with Crippen LogP contribution in [-0.2, 0) is 4.74 Å². The monoisotopic (exact) mass is 169 g/mol. The van der Waals surface area contributed by atoms with Crippen LogP contribution < -0.4 is 5.32 Å². The van der Waals surface area contributed by atoms with Gasteiger partial charge in [-0.1, -0.05) is 12.8 Å². The average molecular weight is 169 g/mol. The Morgan fingerprint density at radius 3 is 3.25 bits per heavy atom. The molecule has 1 saturated heterocycles. The van der Waals surface area contributed by atoms with Crippen LogP contribution in [-0.4, -0.2) is 26.8 Å². The number of hydrogen-bond donors (Lipinski definition) is 1. The van der Waals surface area contributed by atoms with Gasteiger partial charge in [-0.15, -0.1) is 0 Å². The Morgan fingerprint density at radius 1 is 1.50 bits per heavy atom. The maximum absolute atomic E-state index is 5.35. The standard InChI is InChI=1S/C10H19NO/c1-12-8-10-5-3-2-4-9(10)6-11-7-10/h9,11H,2-8H2,1H3/t9-,10-/m1/s1. The van der Waals surface area contributed by atoms with Gasteiger partial charge in [0.2, 0.25) is 0 Å². The van der Waals surface area contributed by atoms with Crippen LogP contribution >= 0.6 is 0 Å². The molecule has 1 saturated carbocycles. The Balaban J connectivity index is 2.06. The van der Waals surface area contributed by atoms with Crippen LogP contribution in [0.2, 0.25) is 0 Å². The van der Waals surface area contributed by atoms with Gasteiger partial charge in [-0.3, -0.25) is 0 Å². The van der Waals surface area contributed by atoms with Crippen molar-refractivity contribution < 1.29 is 4.74 Å². The molecule has 1 aliphatic heterocycles. The molecule has 2 rings (SSSR count). The first-order valence-corrected chi connectivity index (χ1v) is 5.07. The third kappa shape index (κ3) is 1.27. The molecule has 0 radical (unpaired) electrons. The highest BCUT2D eigenvalue weighted by Crippen LogP contribution is 2.43. The fraction of sp³-hybridized carbons (Fsp3) is 1.00. The minimum absolute atomic E-state index is 0.507. The van der Waals surface area contributed by atoms with Crippen LogP contribution in [0.1, 0.15) is 25.7 Å². The van der Waals surface area contributed by atoms with Crippen molar-refractivity contribution in [2.24, 2.45) is 11.3 Å². The molecule has 2 heteroatoms. The summed E-state index contributed by atoms with van der Waals surface area (Å²) in [6.45, 7) is 3.37. The molecule has 2 fully saturated rings. The summed E-state index contributed by atoms with van der Waals surface area (Å²) < 4.78 is 5.35. The van der Waals surface area contributed by atoms with Gasteiger partial charge in [0, 0.05) is 19.1 Å². The summed E-state index contributed by atoms with van der Waals surface area (Å²) in [6.07, 6.45) is 5.62. The normalized spacial score (nSPS) is 41.2. The smallest absolute Gasteiger partial charge is 0.0533 e. The maximum atomic E-state index is 5.35. The minimum Gasteiger partial charge on any atom is -0.384 e. The van der Waals surface area contributed by atoms with Crippen molar-refractivity contribution in [3.8, 4) is 0 Å². The quantitative estimate of drug-likeness (QED) is 0.675. The largest absolute Gasteiger partial charge is 0.384 e. The van der Waals surface area contributed by atoms with Gasteiger partial charge >= 0.3 is 0 Å². The van der Waals surface area contributed by atoms with Crippen molar-refractivity contribution in [3.63, 3.8) is 0 Å². The molecule has 2 atom stereocenters. The van der Waals surface area contributed by atoms with E-state index in [1.807, 2.05) is 7.11 Å². The van der Waals surface area contributed by atoms with Gasteiger partial charge in [-0.2, -0.15) is 0 Å². The first kappa shape index (κ1) is 8.52. The van der Waals surface area contributed by atoms with Gasteiger partial charge in [0.15, 0.2) is 0 Å². The SMILES string of the molecule is COC[C@]12CCCC[C@@H]1CNC2. The predicted molar refractivity (Wildman–Crippen MR) is 49.1 cm³/mol. The number of hydrogen-bond acceptors (Lipinski definition) is 2. The second-order valence-electron chi connectivity index (χ2n) is 4.37. The molecular formula is C10H19NO. The van der Waals surface area contributed by atoms with Crippen molar-refractivity contribution in [1.82, 2.24) is 5.32 Å². The van der Waals surface area contributed by atoms with Crippen molar-refractivity contribution in [3.05, 3.63) is 0 Å². The van der Waals surface area contributed by atoms with E-state index in [-0.39, 0.29) is 0 Å². The lowest BCUT2D eigenvalue weighted by molar-refractivity contribution is 0.0331. The van der Waals surface area contributed by atoms with Crippen LogP contribution in [0.25, 0.3) is 0 Å². The van der Waals surface area contributed by atoms with Crippen LogP contribution in [0.5, 0.6) is 0 Å². The van der Waals surface area contributed by atoms with Gasteiger partial charge in [0.05, 0.1) is 6.61 Å². The van der Waals surface area contributed by atoms with E-state index in [1.54, 1.807) is 0 Å². The van der Waals surface area contributed by atoms with E-state index in [0.717, 1.165) is 12.5 Å². The van der Waals surface area contributed by atoms with E-state index in [0.29, 0.717) is 5.41 Å². The molecule has 12 heavy (non-hydrogen) atoms. The Hall–Kier alpha value is -0.0800. The molecule has 0 unspecified atom stereocenters. The lowest BCUT2D eigenvalue weighted by Gasteiger charge is -2.37. The molecule has 0 aromatic heterocycles. The van der Waals surface area contributed by atoms with Gasteiger partial charge < -0.3 is 10.1 Å². The van der Waals surface area contributed by atoms with Gasteiger partial charge in [-0.25, -0.2) is 0 Å². The highest BCUT2D eigenvalue weighted by molar-refractivity contribution is 4.97. The zero-order chi connectivity index (χ0) is 8.44. The third-order valence-corrected chi connectivity index (χ3v) is 3.64. The summed E-state index contributed by atoms with van der Waals surface area (Å²) in [6, 6.07) is 0. The molecular weight excluding hydrogens is 150 g/mol. The Morgan fingerprint density at radius 2 is 2.42 bits per heavy atom. The number of nitrogens with one attached hydrogen (secondary N) is 1. The van der Waals surface area contributed by atoms with Crippen LogP contribution in [0.3, 0.4) is 0 Å². The molecule has 1 N–H and O–H groups in total. The van der Waals surface area contributed by atoms with Crippen molar-refractivity contribution in [2.75, 3.05) is 26.8 Å². The molecule has 0 amide bonds. The van der Waals surface area contributed by atoms with Crippen molar-refractivity contribution in [1.29, 1.82) is 0 Å². The lowest BCUT2D eigenvalue weighted by Crippen LogP contribution is -2.37. The summed E-state index contributed by atoms with van der Waals surface area (Å²) in [5, 5.41) is 3.51. The molecule has 0 bridgehead atoms. The van der Waals surface area contributed by atoms with E-state index in [9.17, 15) is 0 Å². The van der Waals surface area contributed by atoms with Crippen LogP contribution in [0.4, 0.5) is 0 Å².